The Morgan fingerprint density at radius 1 is 1.15 bits per heavy atom. The molecule has 2 N–H and O–H groups in total. The highest BCUT2D eigenvalue weighted by Gasteiger charge is 2.20. The van der Waals surface area contributed by atoms with E-state index in [4.69, 9.17) is 5.41 Å². The first kappa shape index (κ1) is 17.3. The number of fused-ring (bicyclic) bond motifs is 1. The summed E-state index contributed by atoms with van der Waals surface area (Å²) in [6.45, 7) is 0. The van der Waals surface area contributed by atoms with Gasteiger partial charge >= 0.3 is 0 Å². The van der Waals surface area contributed by atoms with Crippen LogP contribution in [0.5, 0.6) is 0 Å². The van der Waals surface area contributed by atoms with E-state index in [0.29, 0.717) is 23.4 Å². The molecule has 0 radical (unpaired) electrons. The van der Waals surface area contributed by atoms with Crippen molar-refractivity contribution < 1.29 is 9.59 Å². The molecule has 6 heteroatoms. The Hall–Kier alpha value is -3.54. The predicted octanol–water partition coefficient (Wildman–Crippen LogP) is 3.74. The molecular formula is C20H18N4O2. The summed E-state index contributed by atoms with van der Waals surface area (Å²) in [4.78, 5) is 29.1. The van der Waals surface area contributed by atoms with Crippen molar-refractivity contribution in [3.63, 3.8) is 0 Å². The van der Waals surface area contributed by atoms with Crippen molar-refractivity contribution in [2.75, 3.05) is 5.32 Å². The summed E-state index contributed by atoms with van der Waals surface area (Å²) in [5, 5.41) is 10.3. The van der Waals surface area contributed by atoms with Crippen molar-refractivity contribution in [3.05, 3.63) is 60.3 Å². The van der Waals surface area contributed by atoms with Crippen molar-refractivity contribution in [1.29, 1.82) is 5.41 Å². The van der Waals surface area contributed by atoms with Crippen LogP contribution in [-0.2, 0) is 11.8 Å². The van der Waals surface area contributed by atoms with Crippen LogP contribution in [0.1, 0.15) is 16.8 Å². The monoisotopic (exact) mass is 346 g/mol. The highest BCUT2D eigenvalue weighted by atomic mass is 16.2. The number of ketones is 1. The Kier molecular flexibility index (Phi) is 5.03. The number of rotatable bonds is 6. The number of hydrogen-bond donors (Lipinski definition) is 2. The number of benzene rings is 2. The Balaban J connectivity index is 1.75. The van der Waals surface area contributed by atoms with Crippen LogP contribution in [0.3, 0.4) is 0 Å². The van der Waals surface area contributed by atoms with Gasteiger partial charge in [-0.15, -0.1) is 0 Å². The zero-order valence-corrected chi connectivity index (χ0v) is 14.3. The third kappa shape index (κ3) is 3.59. The third-order valence-electron chi connectivity index (χ3n) is 3.94. The maximum absolute atomic E-state index is 12.5. The lowest BCUT2D eigenvalue weighted by molar-refractivity contribution is -0.112. The first-order valence-electron chi connectivity index (χ1n) is 8.11. The van der Waals surface area contributed by atoms with Gasteiger partial charge in [-0.1, -0.05) is 18.2 Å². The largest absolute Gasteiger partial charge is 0.350 e. The number of para-hydroxylation sites is 1. The summed E-state index contributed by atoms with van der Waals surface area (Å²) in [5.74, 6) is -1.25. The van der Waals surface area contributed by atoms with Crippen molar-refractivity contribution in [2.24, 2.45) is 12.0 Å². The van der Waals surface area contributed by atoms with Crippen molar-refractivity contribution >= 4 is 46.4 Å². The van der Waals surface area contributed by atoms with Crippen LogP contribution in [0.2, 0.25) is 0 Å². The number of aromatic nitrogens is 1. The molecule has 0 atom stereocenters. The maximum Gasteiger partial charge on any atom is 0.296 e. The fraction of sp³-hybridized carbons (Fsp3) is 0.100. The van der Waals surface area contributed by atoms with Gasteiger partial charge in [-0.25, -0.2) is 0 Å². The van der Waals surface area contributed by atoms with Gasteiger partial charge in [0.2, 0.25) is 0 Å². The average Bonchev–Trinajstić information content (AvgIpc) is 3.00. The normalized spacial score (nSPS) is 11.0. The van der Waals surface area contributed by atoms with Crippen molar-refractivity contribution in [2.45, 2.75) is 6.42 Å². The second-order valence-corrected chi connectivity index (χ2v) is 5.75. The number of carbonyl (C=O) groups is 2. The van der Waals surface area contributed by atoms with Gasteiger partial charge in [0.15, 0.2) is 0 Å². The topological polar surface area (TPSA) is 87.3 Å². The second-order valence-electron chi connectivity index (χ2n) is 5.75. The lowest BCUT2D eigenvalue weighted by Gasteiger charge is -2.04. The van der Waals surface area contributed by atoms with Crippen LogP contribution < -0.4 is 5.32 Å². The Bertz CT molecular complexity index is 1000. The van der Waals surface area contributed by atoms with Crippen LogP contribution in [-0.4, -0.2) is 28.7 Å². The summed E-state index contributed by atoms with van der Waals surface area (Å²) in [5.41, 5.74) is 2.52. The van der Waals surface area contributed by atoms with Crippen LogP contribution >= 0.6 is 0 Å². The van der Waals surface area contributed by atoms with Gasteiger partial charge in [0.25, 0.3) is 11.7 Å². The van der Waals surface area contributed by atoms with Gasteiger partial charge in [0.05, 0.1) is 11.3 Å². The molecule has 26 heavy (non-hydrogen) atoms. The molecule has 0 fully saturated rings. The Morgan fingerprint density at radius 2 is 1.88 bits per heavy atom. The molecule has 0 aliphatic heterocycles. The maximum atomic E-state index is 12.5. The molecule has 3 aromatic rings. The van der Waals surface area contributed by atoms with E-state index in [9.17, 15) is 9.59 Å². The van der Waals surface area contributed by atoms with Gasteiger partial charge in [-0.2, -0.15) is 0 Å². The summed E-state index contributed by atoms with van der Waals surface area (Å²) < 4.78 is 1.83. The van der Waals surface area contributed by atoms with Crippen LogP contribution in [0.4, 0.5) is 11.4 Å². The number of carbonyl (C=O) groups excluding carboxylic acids is 2. The van der Waals surface area contributed by atoms with Crippen LogP contribution in [0, 0.1) is 5.41 Å². The molecule has 1 amide bonds. The molecule has 0 bridgehead atoms. The van der Waals surface area contributed by atoms with E-state index >= 15 is 0 Å². The first-order valence-corrected chi connectivity index (χ1v) is 8.11. The standard InChI is InChI=1S/C20H18N4O2/c1-24-13-17(16-5-2-3-6-18(16)24)19(25)20(26)23-15-9-7-14(8-10-15)22-12-4-11-21/h2-3,5-13,21H,4H2,1H3,(H,23,26). The molecule has 0 aliphatic rings. The number of aliphatic imine (C=N–C) groups is 1. The lowest BCUT2D eigenvalue weighted by Crippen LogP contribution is -2.22. The van der Waals surface area contributed by atoms with Crippen molar-refractivity contribution in [1.82, 2.24) is 4.57 Å². The molecular weight excluding hydrogens is 328 g/mol. The van der Waals surface area contributed by atoms with E-state index in [2.05, 4.69) is 10.3 Å². The van der Waals surface area contributed by atoms with Gasteiger partial charge in [-0.3, -0.25) is 14.6 Å². The molecule has 0 unspecified atom stereocenters. The van der Waals surface area contributed by atoms with E-state index in [0.717, 1.165) is 10.9 Å². The molecule has 2 aromatic carbocycles. The number of anilines is 1. The molecule has 1 heterocycles. The number of aryl methyl sites for hydroxylation is 1. The SMILES string of the molecule is Cn1cc(C(=O)C(=O)Nc2ccc(N=CCC=N)cc2)c2ccccc21. The highest BCUT2D eigenvalue weighted by Crippen LogP contribution is 2.21. The smallest absolute Gasteiger partial charge is 0.296 e. The minimum atomic E-state index is -0.679. The third-order valence-corrected chi connectivity index (χ3v) is 3.94. The number of amides is 1. The minimum Gasteiger partial charge on any atom is -0.350 e. The van der Waals surface area contributed by atoms with E-state index in [1.165, 1.54) is 6.21 Å². The van der Waals surface area contributed by atoms with Gasteiger partial charge in [0.1, 0.15) is 0 Å². The summed E-state index contributed by atoms with van der Waals surface area (Å²) >= 11 is 0. The van der Waals surface area contributed by atoms with Crippen LogP contribution in [0.25, 0.3) is 10.9 Å². The highest BCUT2D eigenvalue weighted by molar-refractivity contribution is 6.48. The quantitative estimate of drug-likeness (QED) is 0.404. The first-order chi connectivity index (χ1) is 12.6. The van der Waals surface area contributed by atoms with Gasteiger partial charge < -0.3 is 15.3 Å². The molecule has 0 aliphatic carbocycles. The zero-order chi connectivity index (χ0) is 18.5. The molecule has 0 saturated heterocycles. The van der Waals surface area contributed by atoms with Gasteiger partial charge in [0, 0.05) is 48.7 Å². The molecule has 0 saturated carbocycles. The zero-order valence-electron chi connectivity index (χ0n) is 14.3. The lowest BCUT2D eigenvalue weighted by atomic mass is 10.1. The fourth-order valence-electron chi connectivity index (χ4n) is 2.67. The fourth-order valence-corrected chi connectivity index (χ4v) is 2.67. The van der Waals surface area contributed by atoms with Crippen molar-refractivity contribution in [3.8, 4) is 0 Å². The Morgan fingerprint density at radius 3 is 2.62 bits per heavy atom. The molecule has 0 spiro atoms. The predicted molar refractivity (Wildman–Crippen MR) is 104 cm³/mol. The summed E-state index contributed by atoms with van der Waals surface area (Å²) in [7, 11) is 1.84. The summed E-state index contributed by atoms with van der Waals surface area (Å²) in [6, 6.07) is 14.3. The van der Waals surface area contributed by atoms with E-state index in [1.54, 1.807) is 36.7 Å². The van der Waals surface area contributed by atoms with E-state index in [-0.39, 0.29) is 0 Å². The Labute approximate surface area is 150 Å². The molecule has 3 rings (SSSR count). The minimum absolute atomic E-state index is 0.383. The number of nitrogens with one attached hydrogen (secondary N) is 2. The second kappa shape index (κ2) is 7.57. The number of Topliss-reactive ketones (excluding diaryl/α,β-unsaturated/α-hetero) is 1. The van der Waals surface area contributed by atoms with E-state index < -0.39 is 11.7 Å². The van der Waals surface area contributed by atoms with Gasteiger partial charge in [-0.05, 0) is 30.3 Å². The average molecular weight is 346 g/mol. The van der Waals surface area contributed by atoms with E-state index in [1.807, 2.05) is 35.9 Å². The molecule has 1 aromatic heterocycles. The number of hydrogen-bond acceptors (Lipinski definition) is 4. The number of nitrogens with zero attached hydrogens (tertiary/aromatic N) is 2. The molecule has 6 nitrogen and oxygen atoms in total. The molecule has 130 valence electrons. The van der Waals surface area contributed by atoms with Crippen LogP contribution in [0.15, 0.2) is 59.7 Å². The summed E-state index contributed by atoms with van der Waals surface area (Å²) in [6.07, 6.45) is 5.04.